The van der Waals surface area contributed by atoms with Crippen LogP contribution in [-0.4, -0.2) is 118 Å². The third-order valence-corrected chi connectivity index (χ3v) is 11.1. The van der Waals surface area contributed by atoms with Gasteiger partial charge in [0.25, 0.3) is 23.6 Å². The molecule has 6 N–H and O–H groups in total. The van der Waals surface area contributed by atoms with Gasteiger partial charge >= 0.3 is 5.97 Å². The summed E-state index contributed by atoms with van der Waals surface area (Å²) in [6, 6.07) is 4.51. The average Bonchev–Trinajstić information content (AvgIpc) is 3.72. The lowest BCUT2D eigenvalue weighted by Crippen LogP contribution is -2.64. The second-order valence-electron chi connectivity index (χ2n) is 16.2. The van der Waals surface area contributed by atoms with Crippen molar-refractivity contribution in [3.63, 3.8) is 0 Å². The van der Waals surface area contributed by atoms with E-state index in [4.69, 9.17) is 9.47 Å². The molecule has 0 spiro atoms. The van der Waals surface area contributed by atoms with Crippen molar-refractivity contribution in [2.24, 2.45) is 0 Å². The number of hydrogen-bond donors (Lipinski definition) is 6. The molecule has 2 aliphatic rings. The molecule has 3 heterocycles. The molecule has 0 aliphatic carbocycles. The Morgan fingerprint density at radius 2 is 1.69 bits per heavy atom. The van der Waals surface area contributed by atoms with Gasteiger partial charge in [-0.1, -0.05) is 79.0 Å². The standard InChI is InChI=1S/C50H61N7O11/c1-9-11-15-23-41(58)52-31(4)25-30(3)45(61)55-47(63)40-26-34(27-43(60)68-40)20-16-13-12-14-17-24-42(59)53-32(5)46(62)54-44(33(6)67-8)50(66)57-38(10-2)48(64)56(7)39(49(57)65)28-35-29-51-37-22-19-18-21-36(35)37/h9-12,14-15,17-19,21-25,27,29,31,33,39-40,44,47,51,63H,5,13,16,20,26,28H2,1-4,6-8H3,(H,52,58)(H,53,59)(H,54,62)(H,55,61)/b11-9+,14-12+,23-15-,24-17-,30-25+,38-10-/t31-,33+,39+,40-,44-,47+/m0/s1. The third kappa shape index (κ3) is 14.5. The fourth-order valence-corrected chi connectivity index (χ4v) is 7.38. The fourth-order valence-electron chi connectivity index (χ4n) is 7.38. The quantitative estimate of drug-likeness (QED) is 0.0348. The molecule has 362 valence electrons. The molecule has 6 atom stereocenters. The first-order valence-corrected chi connectivity index (χ1v) is 22.1. The first-order valence-electron chi connectivity index (χ1n) is 22.1. The number of amides is 7. The van der Waals surface area contributed by atoms with Crippen LogP contribution in [0.15, 0.2) is 126 Å². The minimum absolute atomic E-state index is 0.112. The maximum absolute atomic E-state index is 14.2. The monoisotopic (exact) mass is 935 g/mol. The number of unbranched alkanes of at least 4 members (excludes halogenated alkanes) is 1. The molecule has 1 fully saturated rings. The topological polar surface area (TPSA) is 246 Å². The summed E-state index contributed by atoms with van der Waals surface area (Å²) in [6.45, 7) is 11.7. The number of hydrogen-bond acceptors (Lipinski definition) is 11. The number of allylic oxidation sites excluding steroid dienone is 7. The molecule has 0 unspecified atom stereocenters. The second kappa shape index (κ2) is 25.5. The lowest BCUT2D eigenvalue weighted by molar-refractivity contribution is -0.158. The zero-order valence-corrected chi connectivity index (χ0v) is 39.4. The van der Waals surface area contributed by atoms with E-state index in [1.807, 2.05) is 31.2 Å². The van der Waals surface area contributed by atoms with Gasteiger partial charge in [0, 0.05) is 73.9 Å². The average molecular weight is 936 g/mol. The summed E-state index contributed by atoms with van der Waals surface area (Å²) in [6.07, 6.45) is 16.9. The molecule has 0 bridgehead atoms. The SMILES string of the molecule is C=C(NC(=O)/C=C\C=C\CCCC1=CC(=O)O[C@H]([C@@H](O)NC(=O)/C(C)=C/[C@H](C)NC(=O)/C=C\C=C\C)C1)C(=O)N[C@H](C(=O)N1C(=O)[C@@H](Cc2c[nH]c3ccccc23)N(C)C(=O)/C1=C/C)[C@@H](C)OC. The first kappa shape index (κ1) is 53.2. The molecule has 7 amide bonds. The Labute approximate surface area is 395 Å². The number of aromatic nitrogens is 1. The number of cyclic esters (lactones) is 1. The number of carbonyl (C=O) groups is 8. The van der Waals surface area contributed by atoms with Gasteiger partial charge in [0.2, 0.25) is 17.7 Å². The molecule has 2 aromatic rings. The minimum atomic E-state index is -1.48. The van der Waals surface area contributed by atoms with Crippen LogP contribution in [0.4, 0.5) is 0 Å². The zero-order valence-electron chi connectivity index (χ0n) is 39.4. The summed E-state index contributed by atoms with van der Waals surface area (Å²) < 4.78 is 10.7. The number of esters is 1. The number of carbonyl (C=O) groups excluding carboxylic acids is 8. The summed E-state index contributed by atoms with van der Waals surface area (Å²) in [5, 5.41) is 21.6. The highest BCUT2D eigenvalue weighted by molar-refractivity contribution is 6.14. The number of imide groups is 1. The Kier molecular flexibility index (Phi) is 19.9. The van der Waals surface area contributed by atoms with Gasteiger partial charge in [-0.2, -0.15) is 0 Å². The van der Waals surface area contributed by atoms with E-state index in [0.717, 1.165) is 33.0 Å². The van der Waals surface area contributed by atoms with Crippen molar-refractivity contribution in [3.8, 4) is 0 Å². The van der Waals surface area contributed by atoms with E-state index in [1.54, 1.807) is 43.5 Å². The number of ether oxygens (including phenoxy) is 2. The maximum Gasteiger partial charge on any atom is 0.331 e. The van der Waals surface area contributed by atoms with Crippen LogP contribution in [0.3, 0.4) is 0 Å². The Balaban J connectivity index is 1.26. The van der Waals surface area contributed by atoms with Crippen LogP contribution >= 0.6 is 0 Å². The number of aliphatic hydroxyl groups is 1. The number of para-hydroxylation sites is 1. The van der Waals surface area contributed by atoms with Crippen molar-refractivity contribution in [1.82, 2.24) is 36.1 Å². The molecule has 18 nitrogen and oxygen atoms in total. The molecule has 1 aromatic carbocycles. The number of nitrogens with zero attached hydrogens (tertiary/aromatic N) is 2. The Morgan fingerprint density at radius 3 is 2.40 bits per heavy atom. The molecular formula is C50H61N7O11. The van der Waals surface area contributed by atoms with E-state index in [1.165, 1.54) is 70.2 Å². The number of benzene rings is 1. The molecule has 1 saturated heterocycles. The molecule has 4 rings (SSSR count). The zero-order chi connectivity index (χ0) is 50.1. The minimum Gasteiger partial charge on any atom is -0.454 e. The van der Waals surface area contributed by atoms with Crippen LogP contribution in [0.5, 0.6) is 0 Å². The van der Waals surface area contributed by atoms with Gasteiger partial charge in [-0.15, -0.1) is 0 Å². The van der Waals surface area contributed by atoms with Gasteiger partial charge in [-0.3, -0.25) is 33.6 Å². The molecule has 18 heteroatoms. The van der Waals surface area contributed by atoms with E-state index in [2.05, 4.69) is 32.8 Å². The fraction of sp³-hybridized carbons (Fsp3) is 0.360. The van der Waals surface area contributed by atoms with Gasteiger partial charge in [-0.25, -0.2) is 9.69 Å². The molecule has 68 heavy (non-hydrogen) atoms. The van der Waals surface area contributed by atoms with E-state index in [-0.39, 0.29) is 30.0 Å². The molecular weight excluding hydrogens is 875 g/mol. The van der Waals surface area contributed by atoms with Gasteiger partial charge < -0.3 is 45.7 Å². The molecule has 0 saturated carbocycles. The Morgan fingerprint density at radius 1 is 0.985 bits per heavy atom. The number of aromatic amines is 1. The van der Waals surface area contributed by atoms with E-state index in [0.29, 0.717) is 19.3 Å². The molecule has 2 aliphatic heterocycles. The summed E-state index contributed by atoms with van der Waals surface area (Å²) in [7, 11) is 2.81. The third-order valence-electron chi connectivity index (χ3n) is 11.1. The lowest BCUT2D eigenvalue weighted by atomic mass is 9.98. The van der Waals surface area contributed by atoms with Crippen LogP contribution in [0.2, 0.25) is 0 Å². The van der Waals surface area contributed by atoms with Crippen LogP contribution in [0.25, 0.3) is 10.9 Å². The summed E-state index contributed by atoms with van der Waals surface area (Å²) in [4.78, 5) is 110. The highest BCUT2D eigenvalue weighted by Gasteiger charge is 2.47. The number of aliphatic hydroxyl groups excluding tert-OH is 1. The van der Waals surface area contributed by atoms with E-state index in [9.17, 15) is 43.5 Å². The van der Waals surface area contributed by atoms with Gasteiger partial charge in [0.05, 0.1) is 11.8 Å². The Hall–Kier alpha value is -7.44. The van der Waals surface area contributed by atoms with Crippen molar-refractivity contribution in [2.75, 3.05) is 14.2 Å². The number of piperazine rings is 1. The summed E-state index contributed by atoms with van der Waals surface area (Å²) in [5.41, 5.74) is 2.00. The summed E-state index contributed by atoms with van der Waals surface area (Å²) >= 11 is 0. The summed E-state index contributed by atoms with van der Waals surface area (Å²) in [5.74, 6) is -5.36. The van der Waals surface area contributed by atoms with Gasteiger partial charge in [0.15, 0.2) is 12.3 Å². The van der Waals surface area contributed by atoms with Gasteiger partial charge in [-0.05, 0) is 65.5 Å². The lowest BCUT2D eigenvalue weighted by Gasteiger charge is -2.40. The largest absolute Gasteiger partial charge is 0.454 e. The van der Waals surface area contributed by atoms with Crippen LogP contribution < -0.4 is 21.3 Å². The van der Waals surface area contributed by atoms with E-state index < -0.39 is 83.7 Å². The molecule has 1 aromatic heterocycles. The van der Waals surface area contributed by atoms with Crippen molar-refractivity contribution in [2.45, 2.75) is 103 Å². The van der Waals surface area contributed by atoms with Crippen LogP contribution in [0.1, 0.15) is 65.9 Å². The van der Waals surface area contributed by atoms with Crippen LogP contribution in [-0.2, 0) is 54.3 Å². The first-order chi connectivity index (χ1) is 32.4. The van der Waals surface area contributed by atoms with Crippen molar-refractivity contribution < 1.29 is 52.9 Å². The van der Waals surface area contributed by atoms with Crippen molar-refractivity contribution in [1.29, 1.82) is 0 Å². The number of rotatable bonds is 21. The highest BCUT2D eigenvalue weighted by Crippen LogP contribution is 2.27. The number of likely N-dealkylation sites (N-methyl/N-ethyl adjacent to an activating group) is 1. The molecule has 0 radical (unpaired) electrons. The maximum atomic E-state index is 14.2. The number of H-pyrrole nitrogens is 1. The van der Waals surface area contributed by atoms with Crippen molar-refractivity contribution >= 4 is 58.2 Å². The normalized spacial score (nSPS) is 19.4. The highest BCUT2D eigenvalue weighted by atomic mass is 16.6. The number of fused-ring (bicyclic) bond motifs is 1. The van der Waals surface area contributed by atoms with Crippen LogP contribution in [0, 0.1) is 0 Å². The number of nitrogens with one attached hydrogen (secondary N) is 5. The smallest absolute Gasteiger partial charge is 0.331 e. The predicted octanol–water partition coefficient (Wildman–Crippen LogP) is 3.50. The number of methoxy groups -OCH3 is 1. The van der Waals surface area contributed by atoms with Crippen molar-refractivity contribution in [3.05, 3.63) is 132 Å². The Bertz CT molecular complexity index is 2470. The van der Waals surface area contributed by atoms with Gasteiger partial charge in [0.1, 0.15) is 17.8 Å². The second-order valence-corrected chi connectivity index (χ2v) is 16.2. The predicted molar refractivity (Wildman–Crippen MR) is 254 cm³/mol. The van der Waals surface area contributed by atoms with E-state index >= 15 is 0 Å².